The van der Waals surface area contributed by atoms with Gasteiger partial charge in [0.15, 0.2) is 0 Å². The number of nitrogens with one attached hydrogen (secondary N) is 2. The van der Waals surface area contributed by atoms with Crippen LogP contribution in [0, 0.1) is 5.41 Å². The summed E-state index contributed by atoms with van der Waals surface area (Å²) in [6.07, 6.45) is 7.03. The minimum Gasteiger partial charge on any atom is -0.487 e. The van der Waals surface area contributed by atoms with Crippen LogP contribution in [0.1, 0.15) is 51.6 Å². The molecule has 3 heterocycles. The summed E-state index contributed by atoms with van der Waals surface area (Å²) in [7, 11) is 0. The highest BCUT2D eigenvalue weighted by Gasteiger charge is 2.27. The monoisotopic (exact) mass is 475 g/mol. The van der Waals surface area contributed by atoms with Crippen molar-refractivity contribution < 1.29 is 9.84 Å². The van der Waals surface area contributed by atoms with Crippen LogP contribution in [-0.2, 0) is 26.0 Å². The van der Waals surface area contributed by atoms with Crippen LogP contribution in [0.4, 0.5) is 0 Å². The number of hydrogen-bond acceptors (Lipinski definition) is 6. The van der Waals surface area contributed by atoms with Gasteiger partial charge in [-0.25, -0.2) is 0 Å². The fraction of sp³-hybridized carbons (Fsp3) is 0.393. The normalized spacial score (nSPS) is 14.2. The molecule has 0 radical (unpaired) electrons. The highest BCUT2D eigenvalue weighted by Crippen LogP contribution is 2.36. The Morgan fingerprint density at radius 3 is 2.46 bits per heavy atom. The predicted molar refractivity (Wildman–Crippen MR) is 140 cm³/mol. The lowest BCUT2D eigenvalue weighted by Crippen LogP contribution is -2.37. The van der Waals surface area contributed by atoms with E-state index < -0.39 is 5.60 Å². The first-order valence-corrected chi connectivity index (χ1v) is 12.1. The Morgan fingerprint density at radius 2 is 1.83 bits per heavy atom. The minimum atomic E-state index is -0.853. The van der Waals surface area contributed by atoms with Crippen LogP contribution in [0.3, 0.4) is 0 Å². The van der Waals surface area contributed by atoms with Crippen molar-refractivity contribution >= 4 is 10.9 Å². The van der Waals surface area contributed by atoms with Gasteiger partial charge in [0.1, 0.15) is 18.2 Å². The highest BCUT2D eigenvalue weighted by molar-refractivity contribution is 5.87. The second kappa shape index (κ2) is 9.66. The van der Waals surface area contributed by atoms with Crippen LogP contribution < -0.4 is 21.3 Å². The lowest BCUT2D eigenvalue weighted by Gasteiger charge is -2.25. The quantitative estimate of drug-likeness (QED) is 0.388. The fourth-order valence-electron chi connectivity index (χ4n) is 4.40. The van der Waals surface area contributed by atoms with E-state index in [4.69, 9.17) is 10.5 Å². The summed E-state index contributed by atoms with van der Waals surface area (Å²) in [5.41, 5.74) is 16.6. The number of nitrogens with two attached hydrogens (primary N) is 1. The summed E-state index contributed by atoms with van der Waals surface area (Å²) in [5, 5.41) is 12.0. The topological polar surface area (TPSA) is 97.4 Å². The molecule has 2 aromatic heterocycles. The van der Waals surface area contributed by atoms with Crippen molar-refractivity contribution in [2.24, 2.45) is 11.1 Å². The number of ether oxygens (including phenoxy) is 1. The zero-order valence-corrected chi connectivity index (χ0v) is 21.4. The number of aromatic nitrogens is 2. The van der Waals surface area contributed by atoms with E-state index in [2.05, 4.69) is 53.3 Å². The molecule has 1 aliphatic rings. The van der Waals surface area contributed by atoms with Crippen molar-refractivity contribution in [2.45, 2.75) is 66.2 Å². The maximum Gasteiger partial charge on any atom is 0.130 e. The van der Waals surface area contributed by atoms with Gasteiger partial charge < -0.3 is 25.6 Å². The van der Waals surface area contributed by atoms with Crippen molar-refractivity contribution in [3.05, 3.63) is 83.2 Å². The molecule has 1 aromatic carbocycles. The van der Waals surface area contributed by atoms with E-state index >= 15 is 0 Å². The smallest absolute Gasteiger partial charge is 0.130 e. The predicted octanol–water partition coefficient (Wildman–Crippen LogP) is 4.31. The molecule has 0 bridgehead atoms. The van der Waals surface area contributed by atoms with Gasteiger partial charge in [0.2, 0.25) is 0 Å². The Labute approximate surface area is 207 Å². The van der Waals surface area contributed by atoms with E-state index in [-0.39, 0.29) is 5.41 Å². The Bertz CT molecular complexity index is 1240. The van der Waals surface area contributed by atoms with Gasteiger partial charge in [0.05, 0.1) is 23.5 Å². The molecule has 0 fully saturated rings. The summed E-state index contributed by atoms with van der Waals surface area (Å²) in [5.74, 6) is 1.38. The largest absolute Gasteiger partial charge is 0.487 e. The number of hydrogen-bond donors (Lipinski definition) is 4. The maximum absolute atomic E-state index is 10.8. The van der Waals surface area contributed by atoms with Crippen LogP contribution in [0.2, 0.25) is 0 Å². The Morgan fingerprint density at radius 1 is 1.03 bits per heavy atom. The summed E-state index contributed by atoms with van der Waals surface area (Å²) in [6.45, 7) is 11.5. The molecule has 0 amide bonds. The summed E-state index contributed by atoms with van der Waals surface area (Å²) in [6, 6.07) is 12.1. The molecular formula is C28H37N5O2. The molecule has 3 aromatic rings. The summed E-state index contributed by atoms with van der Waals surface area (Å²) < 4.78 is 8.42. The number of fused-ring (bicyclic) bond motifs is 1. The Hall–Kier alpha value is -3.45. The number of benzene rings is 1. The SMILES string of the molecule is CC(C)(C)Cc1c(CC(C)(C)O)n(CC2=CC=C(N)NN2)c2ccc(OCc3ccccn3)cc12. The van der Waals surface area contributed by atoms with Crippen LogP contribution in [0.25, 0.3) is 10.9 Å². The van der Waals surface area contributed by atoms with Gasteiger partial charge in [-0.3, -0.25) is 10.4 Å². The molecule has 0 spiro atoms. The van der Waals surface area contributed by atoms with E-state index in [9.17, 15) is 5.11 Å². The first-order valence-electron chi connectivity index (χ1n) is 12.1. The minimum absolute atomic E-state index is 0.0688. The zero-order chi connectivity index (χ0) is 25.2. The first kappa shape index (κ1) is 24.7. The maximum atomic E-state index is 10.8. The lowest BCUT2D eigenvalue weighted by atomic mass is 9.85. The van der Waals surface area contributed by atoms with Crippen LogP contribution in [0.5, 0.6) is 5.75 Å². The summed E-state index contributed by atoms with van der Waals surface area (Å²) >= 11 is 0. The molecule has 1 aliphatic heterocycles. The van der Waals surface area contributed by atoms with E-state index in [1.807, 2.05) is 50.3 Å². The third-order valence-corrected chi connectivity index (χ3v) is 5.84. The van der Waals surface area contributed by atoms with Gasteiger partial charge in [-0.2, -0.15) is 0 Å². The van der Waals surface area contributed by atoms with Gasteiger partial charge in [-0.15, -0.1) is 0 Å². The number of allylic oxidation sites excluding steroid dienone is 3. The second-order valence-electron chi connectivity index (χ2n) is 11.1. The van der Waals surface area contributed by atoms with Gasteiger partial charge in [0, 0.05) is 29.2 Å². The number of nitrogens with zero attached hydrogens (tertiary/aromatic N) is 2. The number of hydrazine groups is 1. The van der Waals surface area contributed by atoms with Gasteiger partial charge >= 0.3 is 0 Å². The van der Waals surface area contributed by atoms with Gasteiger partial charge in [-0.1, -0.05) is 26.8 Å². The molecule has 0 saturated carbocycles. The molecule has 0 unspecified atom stereocenters. The molecule has 0 saturated heterocycles. The molecule has 7 heteroatoms. The third kappa shape index (κ3) is 6.36. The number of aliphatic hydroxyl groups is 1. The Balaban J connectivity index is 1.80. The van der Waals surface area contributed by atoms with Gasteiger partial charge in [0.25, 0.3) is 0 Å². The van der Waals surface area contributed by atoms with Crippen molar-refractivity contribution in [1.29, 1.82) is 0 Å². The van der Waals surface area contributed by atoms with Crippen molar-refractivity contribution in [2.75, 3.05) is 0 Å². The van der Waals surface area contributed by atoms with Crippen LogP contribution in [-0.4, -0.2) is 20.3 Å². The van der Waals surface area contributed by atoms with E-state index in [1.54, 1.807) is 6.20 Å². The molecule has 4 rings (SSSR count). The second-order valence-corrected chi connectivity index (χ2v) is 11.1. The standard InChI is InChI=1S/C28H37N5O2/c1-27(2,3)15-23-22-14-21(35-18-20-8-6-7-13-30-20)10-11-24(22)33(25(23)16-28(4,5)34)17-19-9-12-26(29)32-31-19/h6-14,31-32,34H,15-18,29H2,1-5H3. The van der Waals surface area contributed by atoms with Crippen molar-refractivity contribution in [1.82, 2.24) is 20.4 Å². The molecule has 0 aliphatic carbocycles. The molecule has 7 nitrogen and oxygen atoms in total. The molecule has 35 heavy (non-hydrogen) atoms. The first-order chi connectivity index (χ1) is 16.5. The van der Waals surface area contributed by atoms with E-state index in [1.165, 1.54) is 5.56 Å². The van der Waals surface area contributed by atoms with Crippen molar-refractivity contribution in [3.8, 4) is 5.75 Å². The molecule has 0 atom stereocenters. The average molecular weight is 476 g/mol. The van der Waals surface area contributed by atoms with E-state index in [0.717, 1.165) is 40.2 Å². The lowest BCUT2D eigenvalue weighted by molar-refractivity contribution is 0.0787. The van der Waals surface area contributed by atoms with Gasteiger partial charge in [-0.05, 0) is 73.7 Å². The Kier molecular flexibility index (Phi) is 6.81. The fourth-order valence-corrected chi connectivity index (χ4v) is 4.40. The molecule has 5 N–H and O–H groups in total. The summed E-state index contributed by atoms with van der Waals surface area (Å²) in [4.78, 5) is 4.36. The molecular weight excluding hydrogens is 438 g/mol. The van der Waals surface area contributed by atoms with Crippen LogP contribution in [0.15, 0.2) is 66.3 Å². The zero-order valence-electron chi connectivity index (χ0n) is 21.4. The molecule has 186 valence electrons. The number of pyridine rings is 1. The average Bonchev–Trinajstić information content (AvgIpc) is 3.04. The van der Waals surface area contributed by atoms with Crippen LogP contribution >= 0.6 is 0 Å². The highest BCUT2D eigenvalue weighted by atomic mass is 16.5. The van der Waals surface area contributed by atoms with Crippen molar-refractivity contribution in [3.63, 3.8) is 0 Å². The third-order valence-electron chi connectivity index (χ3n) is 5.84. The van der Waals surface area contributed by atoms with E-state index in [0.29, 0.717) is 25.4 Å². The number of rotatable bonds is 8.